The molecule has 9 heteroatoms. The van der Waals surface area contributed by atoms with Crippen molar-refractivity contribution in [1.29, 1.82) is 0 Å². The number of carbonyl (C=O) groups is 1. The number of methoxy groups -OCH3 is 1. The molecule has 0 N–H and O–H groups in total. The molecule has 0 bridgehead atoms. The van der Waals surface area contributed by atoms with Crippen molar-refractivity contribution >= 4 is 86.1 Å². The van der Waals surface area contributed by atoms with E-state index in [0.29, 0.717) is 31.6 Å². The molecule has 0 unspecified atom stereocenters. The van der Waals surface area contributed by atoms with Crippen LogP contribution in [0.5, 0.6) is 11.5 Å². The van der Waals surface area contributed by atoms with Gasteiger partial charge in [-0.1, -0.05) is 65.7 Å². The molecule has 0 atom stereocenters. The van der Waals surface area contributed by atoms with E-state index in [0.717, 1.165) is 26.1 Å². The van der Waals surface area contributed by atoms with E-state index in [1.54, 1.807) is 24.1 Å². The van der Waals surface area contributed by atoms with Crippen molar-refractivity contribution in [2.24, 2.45) is 4.99 Å². The minimum atomic E-state index is -0.146. The van der Waals surface area contributed by atoms with Crippen LogP contribution in [0.4, 0.5) is 11.4 Å². The van der Waals surface area contributed by atoms with Crippen LogP contribution in [0.1, 0.15) is 11.1 Å². The number of amides is 1. The normalized spacial score (nSPS) is 15.3. The first-order valence-corrected chi connectivity index (χ1v) is 14.4. The largest absolute Gasteiger partial charge is 0.493 e. The summed E-state index contributed by atoms with van der Waals surface area (Å²) < 4.78 is 12.6. The zero-order valence-corrected chi connectivity index (χ0v) is 25.1. The van der Waals surface area contributed by atoms with E-state index in [1.165, 1.54) is 11.8 Å². The molecule has 0 aromatic heterocycles. The van der Waals surface area contributed by atoms with E-state index < -0.39 is 0 Å². The van der Waals surface area contributed by atoms with Gasteiger partial charge in [-0.15, -0.1) is 0 Å². The fourth-order valence-corrected chi connectivity index (χ4v) is 6.11. The highest BCUT2D eigenvalue weighted by Crippen LogP contribution is 2.40. The number of amidine groups is 1. The number of halogens is 3. The van der Waals surface area contributed by atoms with Gasteiger partial charge >= 0.3 is 0 Å². The molecule has 4 aromatic rings. The molecule has 1 fully saturated rings. The summed E-state index contributed by atoms with van der Waals surface area (Å²) in [7, 11) is 1.59. The first-order chi connectivity index (χ1) is 18.9. The van der Waals surface area contributed by atoms with Gasteiger partial charge < -0.3 is 9.47 Å². The van der Waals surface area contributed by atoms with Crippen LogP contribution >= 0.6 is 57.6 Å². The van der Waals surface area contributed by atoms with Crippen molar-refractivity contribution in [1.82, 2.24) is 0 Å². The highest BCUT2D eigenvalue weighted by molar-refractivity contribution is 14.1. The maximum absolute atomic E-state index is 13.6. The first kappa shape index (κ1) is 27.6. The Morgan fingerprint density at radius 1 is 0.974 bits per heavy atom. The molecule has 0 aliphatic carbocycles. The number of benzene rings is 4. The molecule has 1 aliphatic heterocycles. The lowest BCUT2D eigenvalue weighted by atomic mass is 10.1. The summed E-state index contributed by atoms with van der Waals surface area (Å²) in [5.74, 6) is 0.994. The zero-order chi connectivity index (χ0) is 27.4. The van der Waals surface area contributed by atoms with Gasteiger partial charge in [-0.2, -0.15) is 0 Å². The molecule has 196 valence electrons. The summed E-state index contributed by atoms with van der Waals surface area (Å²) in [6.45, 7) is 0.252. The molecule has 0 saturated carbocycles. The minimum Gasteiger partial charge on any atom is -0.493 e. The molecule has 39 heavy (non-hydrogen) atoms. The van der Waals surface area contributed by atoms with Crippen LogP contribution in [-0.4, -0.2) is 18.2 Å². The maximum atomic E-state index is 13.6. The second-order valence-corrected chi connectivity index (χ2v) is 11.4. The summed E-state index contributed by atoms with van der Waals surface area (Å²) in [5.41, 5.74) is 3.14. The first-order valence-electron chi connectivity index (χ1n) is 11.8. The van der Waals surface area contributed by atoms with Gasteiger partial charge in [0.25, 0.3) is 5.91 Å². The van der Waals surface area contributed by atoms with E-state index in [4.69, 9.17) is 37.7 Å². The number of rotatable bonds is 7. The lowest BCUT2D eigenvalue weighted by Crippen LogP contribution is -2.28. The average Bonchev–Trinajstić information content (AvgIpc) is 3.23. The Hall–Kier alpha value is -2.98. The van der Waals surface area contributed by atoms with E-state index in [-0.39, 0.29) is 12.5 Å². The van der Waals surface area contributed by atoms with E-state index in [2.05, 4.69) is 22.6 Å². The van der Waals surface area contributed by atoms with Crippen LogP contribution in [0, 0.1) is 3.57 Å². The molecular formula is C30H21Cl2IN2O3S. The van der Waals surface area contributed by atoms with Gasteiger partial charge in [-0.3, -0.25) is 9.69 Å². The van der Waals surface area contributed by atoms with Crippen LogP contribution in [0.15, 0.2) is 101 Å². The lowest BCUT2D eigenvalue weighted by Gasteiger charge is -2.15. The van der Waals surface area contributed by atoms with Crippen molar-refractivity contribution in [3.8, 4) is 11.5 Å². The highest BCUT2D eigenvalue weighted by Gasteiger charge is 2.34. The van der Waals surface area contributed by atoms with Gasteiger partial charge in [0.2, 0.25) is 0 Å². The maximum Gasteiger partial charge on any atom is 0.271 e. The molecular weight excluding hydrogens is 666 g/mol. The molecule has 0 spiro atoms. The van der Waals surface area contributed by atoms with E-state index >= 15 is 0 Å². The van der Waals surface area contributed by atoms with Gasteiger partial charge in [0.1, 0.15) is 6.61 Å². The Morgan fingerprint density at radius 3 is 2.38 bits per heavy atom. The molecule has 1 saturated heterocycles. The number of nitrogens with zero attached hydrogens (tertiary/aromatic N) is 2. The predicted octanol–water partition coefficient (Wildman–Crippen LogP) is 8.99. The second-order valence-electron chi connectivity index (χ2n) is 8.38. The Kier molecular flexibility index (Phi) is 8.82. The second kappa shape index (κ2) is 12.5. The third-order valence-corrected chi connectivity index (χ3v) is 8.10. The Balaban J connectivity index is 1.46. The molecule has 4 aromatic carbocycles. The van der Waals surface area contributed by atoms with Crippen LogP contribution in [-0.2, 0) is 11.4 Å². The lowest BCUT2D eigenvalue weighted by molar-refractivity contribution is -0.113. The summed E-state index contributed by atoms with van der Waals surface area (Å²) in [5, 5.41) is 1.69. The summed E-state index contributed by atoms with van der Waals surface area (Å²) in [4.78, 5) is 20.6. The number of hydrogen-bond acceptors (Lipinski definition) is 5. The van der Waals surface area contributed by atoms with Crippen LogP contribution in [0.2, 0.25) is 10.0 Å². The van der Waals surface area contributed by atoms with Crippen LogP contribution < -0.4 is 14.4 Å². The minimum absolute atomic E-state index is 0.146. The van der Waals surface area contributed by atoms with E-state index in [1.807, 2.05) is 84.9 Å². The number of anilines is 1. The number of aliphatic imine (C=N–C) groups is 1. The summed E-state index contributed by atoms with van der Waals surface area (Å²) >= 11 is 15.9. The Morgan fingerprint density at radius 2 is 1.69 bits per heavy atom. The molecule has 0 radical (unpaired) electrons. The Labute approximate surface area is 254 Å². The Bertz CT molecular complexity index is 1580. The van der Waals surface area contributed by atoms with Gasteiger partial charge in [0.15, 0.2) is 16.7 Å². The molecule has 1 amide bonds. The quantitative estimate of drug-likeness (QED) is 0.144. The zero-order valence-electron chi connectivity index (χ0n) is 20.6. The standard InChI is InChI=1S/C30H21Cl2IN2O3S/c1-37-26-15-19(14-25(33)28(26)38-18-20-12-13-21(31)17-24(20)32)16-27-29(36)35(23-10-6-3-7-11-23)30(39-27)34-22-8-4-2-5-9-22/h2-17H,18H2,1H3/b27-16-,34-30?. The van der Waals surface area contributed by atoms with Crippen molar-refractivity contribution in [2.45, 2.75) is 6.61 Å². The van der Waals surface area contributed by atoms with Gasteiger partial charge in [0, 0.05) is 15.6 Å². The van der Waals surface area contributed by atoms with Crippen molar-refractivity contribution < 1.29 is 14.3 Å². The van der Waals surface area contributed by atoms with Crippen LogP contribution in [0.3, 0.4) is 0 Å². The van der Waals surface area contributed by atoms with Crippen molar-refractivity contribution in [3.63, 3.8) is 0 Å². The molecule has 1 aliphatic rings. The fourth-order valence-electron chi connectivity index (χ4n) is 3.87. The third-order valence-electron chi connectivity index (χ3n) is 5.74. The summed E-state index contributed by atoms with van der Waals surface area (Å²) in [6.07, 6.45) is 1.85. The third kappa shape index (κ3) is 6.44. The smallest absolute Gasteiger partial charge is 0.271 e. The monoisotopic (exact) mass is 686 g/mol. The van der Waals surface area contributed by atoms with Crippen molar-refractivity contribution in [2.75, 3.05) is 12.0 Å². The highest BCUT2D eigenvalue weighted by atomic mass is 127. The number of hydrogen-bond donors (Lipinski definition) is 0. The SMILES string of the molecule is COc1cc(/C=C2\SC(=Nc3ccccc3)N(c3ccccc3)C2=O)cc(I)c1OCc1ccc(Cl)cc1Cl. The van der Waals surface area contributed by atoms with Gasteiger partial charge in [-0.25, -0.2) is 4.99 Å². The topological polar surface area (TPSA) is 51.1 Å². The molecule has 1 heterocycles. The summed E-state index contributed by atoms with van der Waals surface area (Å²) in [6, 6.07) is 28.2. The fraction of sp³-hybridized carbons (Fsp3) is 0.0667. The number of carbonyl (C=O) groups excluding carboxylic acids is 1. The van der Waals surface area contributed by atoms with Gasteiger partial charge in [-0.05, 0) is 94.5 Å². The molecule has 5 nitrogen and oxygen atoms in total. The van der Waals surface area contributed by atoms with Crippen LogP contribution in [0.25, 0.3) is 6.08 Å². The van der Waals surface area contributed by atoms with Gasteiger partial charge in [0.05, 0.1) is 27.0 Å². The number of thioether (sulfide) groups is 1. The number of ether oxygens (including phenoxy) is 2. The van der Waals surface area contributed by atoms with Crippen molar-refractivity contribution in [3.05, 3.63) is 121 Å². The average molecular weight is 687 g/mol. The predicted molar refractivity (Wildman–Crippen MR) is 170 cm³/mol. The number of para-hydroxylation sites is 2. The molecule has 5 rings (SSSR count). The van der Waals surface area contributed by atoms with E-state index in [9.17, 15) is 4.79 Å².